The molecule has 0 atom stereocenters. The molecule has 0 radical (unpaired) electrons. The Kier molecular flexibility index (Phi) is 2.66. The Morgan fingerprint density at radius 2 is 2.08 bits per heavy atom. The number of rotatable bonds is 1. The number of hydrogen-bond acceptors (Lipinski definition) is 2. The summed E-state index contributed by atoms with van der Waals surface area (Å²) in [7, 11) is 0. The predicted octanol–water partition coefficient (Wildman–Crippen LogP) is 2.34. The average Bonchev–Trinajstić information content (AvgIpc) is 1.82. The summed E-state index contributed by atoms with van der Waals surface area (Å²) in [5.74, 6) is -0.225. The van der Waals surface area contributed by atoms with Gasteiger partial charge >= 0.3 is 6.18 Å². The molecule has 1 heterocycles. The monoisotopic (exact) mass is 240 g/mol. The van der Waals surface area contributed by atoms with E-state index in [0.29, 0.717) is 4.60 Å². The van der Waals surface area contributed by atoms with Crippen molar-refractivity contribution in [1.82, 2.24) is 9.97 Å². The first-order valence-corrected chi connectivity index (χ1v) is 3.81. The molecule has 6 heteroatoms. The van der Waals surface area contributed by atoms with Crippen LogP contribution in [-0.2, 0) is 6.42 Å². The summed E-state index contributed by atoms with van der Waals surface area (Å²) in [6.45, 7) is 0. The molecule has 0 unspecified atom stereocenters. The first-order chi connectivity index (χ1) is 5.47. The lowest BCUT2D eigenvalue weighted by molar-refractivity contribution is -0.128. The van der Waals surface area contributed by atoms with Crippen LogP contribution in [0.25, 0.3) is 0 Å². The Bertz CT molecular complexity index is 274. The minimum Gasteiger partial charge on any atom is -0.241 e. The summed E-state index contributed by atoms with van der Waals surface area (Å²) < 4.78 is 35.7. The fourth-order valence-electron chi connectivity index (χ4n) is 0.639. The van der Waals surface area contributed by atoms with Crippen LogP contribution < -0.4 is 0 Å². The lowest BCUT2D eigenvalue weighted by atomic mass is 10.4. The summed E-state index contributed by atoms with van der Waals surface area (Å²) in [4.78, 5) is 7.01. The third-order valence-corrected chi connectivity index (χ3v) is 1.47. The molecule has 0 bridgehead atoms. The first kappa shape index (κ1) is 9.44. The second-order valence-electron chi connectivity index (χ2n) is 2.09. The van der Waals surface area contributed by atoms with Gasteiger partial charge in [0.15, 0.2) is 0 Å². The summed E-state index contributed by atoms with van der Waals surface area (Å²) in [6.07, 6.45) is -4.06. The van der Waals surface area contributed by atoms with Gasteiger partial charge in [-0.3, -0.25) is 0 Å². The lowest BCUT2D eigenvalue weighted by Gasteiger charge is -2.03. The van der Waals surface area contributed by atoms with E-state index in [1.54, 1.807) is 0 Å². The minimum atomic E-state index is -4.25. The SMILES string of the molecule is FC(F)(F)Cc1nccc(Br)n1. The quantitative estimate of drug-likeness (QED) is 0.705. The molecule has 1 aromatic rings. The van der Waals surface area contributed by atoms with Crippen LogP contribution in [0.2, 0.25) is 0 Å². The van der Waals surface area contributed by atoms with Gasteiger partial charge in [0.05, 0.1) is 0 Å². The van der Waals surface area contributed by atoms with Crippen molar-refractivity contribution in [2.24, 2.45) is 0 Å². The van der Waals surface area contributed by atoms with Gasteiger partial charge in [0.1, 0.15) is 16.8 Å². The van der Waals surface area contributed by atoms with Gasteiger partial charge in [-0.05, 0) is 22.0 Å². The van der Waals surface area contributed by atoms with Crippen molar-refractivity contribution in [1.29, 1.82) is 0 Å². The Balaban J connectivity index is 2.77. The van der Waals surface area contributed by atoms with Crippen LogP contribution in [-0.4, -0.2) is 16.1 Å². The molecule has 0 aliphatic carbocycles. The van der Waals surface area contributed by atoms with Crippen molar-refractivity contribution < 1.29 is 13.2 Å². The van der Waals surface area contributed by atoms with Crippen molar-refractivity contribution in [3.8, 4) is 0 Å². The second kappa shape index (κ2) is 3.38. The molecule has 0 aromatic carbocycles. The average molecular weight is 241 g/mol. The summed E-state index contributed by atoms with van der Waals surface area (Å²) in [5, 5.41) is 0. The zero-order valence-electron chi connectivity index (χ0n) is 5.77. The zero-order valence-corrected chi connectivity index (χ0v) is 7.35. The van der Waals surface area contributed by atoms with Crippen molar-refractivity contribution in [3.05, 3.63) is 22.7 Å². The van der Waals surface area contributed by atoms with E-state index in [-0.39, 0.29) is 5.82 Å². The fourth-order valence-corrected chi connectivity index (χ4v) is 0.962. The number of alkyl halides is 3. The molecule has 0 amide bonds. The van der Waals surface area contributed by atoms with Gasteiger partial charge < -0.3 is 0 Å². The molecule has 0 N–H and O–H groups in total. The van der Waals surface area contributed by atoms with Crippen LogP contribution in [0.1, 0.15) is 5.82 Å². The van der Waals surface area contributed by atoms with Gasteiger partial charge in [-0.25, -0.2) is 9.97 Å². The lowest BCUT2D eigenvalue weighted by Crippen LogP contribution is -2.13. The van der Waals surface area contributed by atoms with Crippen LogP contribution in [0.5, 0.6) is 0 Å². The van der Waals surface area contributed by atoms with Crippen molar-refractivity contribution in [2.45, 2.75) is 12.6 Å². The van der Waals surface area contributed by atoms with Gasteiger partial charge in [-0.2, -0.15) is 13.2 Å². The smallest absolute Gasteiger partial charge is 0.241 e. The highest BCUT2D eigenvalue weighted by Gasteiger charge is 2.29. The molecule has 0 saturated carbocycles. The summed E-state index contributed by atoms with van der Waals surface area (Å²) in [6, 6.07) is 1.47. The molecule has 0 aliphatic rings. The molecule has 0 spiro atoms. The van der Waals surface area contributed by atoms with E-state index in [2.05, 4.69) is 25.9 Å². The van der Waals surface area contributed by atoms with Crippen molar-refractivity contribution in [3.63, 3.8) is 0 Å². The third kappa shape index (κ3) is 3.17. The maximum Gasteiger partial charge on any atom is 0.396 e. The van der Waals surface area contributed by atoms with E-state index in [0.717, 1.165) is 0 Å². The highest BCUT2D eigenvalue weighted by atomic mass is 79.9. The second-order valence-corrected chi connectivity index (χ2v) is 2.90. The van der Waals surface area contributed by atoms with Crippen molar-refractivity contribution >= 4 is 15.9 Å². The number of hydrogen-bond donors (Lipinski definition) is 0. The zero-order chi connectivity index (χ0) is 9.19. The van der Waals surface area contributed by atoms with E-state index in [9.17, 15) is 13.2 Å². The molecule has 66 valence electrons. The summed E-state index contributed by atoms with van der Waals surface area (Å²) in [5.41, 5.74) is 0. The highest BCUT2D eigenvalue weighted by molar-refractivity contribution is 9.10. The maximum atomic E-state index is 11.8. The Morgan fingerprint density at radius 3 is 2.58 bits per heavy atom. The normalized spacial score (nSPS) is 11.7. The molecular weight excluding hydrogens is 237 g/mol. The van der Waals surface area contributed by atoms with Gasteiger partial charge in [-0.15, -0.1) is 0 Å². The molecule has 1 aromatic heterocycles. The number of nitrogens with zero attached hydrogens (tertiary/aromatic N) is 2. The van der Waals surface area contributed by atoms with Gasteiger partial charge in [0.25, 0.3) is 0 Å². The van der Waals surface area contributed by atoms with Crippen LogP contribution in [0, 0.1) is 0 Å². The Hall–Kier alpha value is -0.650. The molecule has 0 saturated heterocycles. The van der Waals surface area contributed by atoms with Gasteiger partial charge in [-0.1, -0.05) is 0 Å². The molecular formula is C6H4BrF3N2. The predicted molar refractivity (Wildman–Crippen MR) is 39.5 cm³/mol. The standard InChI is InChI=1S/C6H4BrF3N2/c7-4-1-2-11-5(12-4)3-6(8,9)10/h1-2H,3H2. The molecule has 1 rings (SSSR count). The largest absolute Gasteiger partial charge is 0.396 e. The van der Waals surface area contributed by atoms with Gasteiger partial charge in [0, 0.05) is 6.20 Å². The van der Waals surface area contributed by atoms with Crippen LogP contribution in [0.4, 0.5) is 13.2 Å². The van der Waals surface area contributed by atoms with E-state index in [1.165, 1.54) is 12.3 Å². The maximum absolute atomic E-state index is 11.8. The Labute approximate surface area is 75.0 Å². The van der Waals surface area contributed by atoms with E-state index >= 15 is 0 Å². The summed E-state index contributed by atoms with van der Waals surface area (Å²) >= 11 is 2.95. The number of aromatic nitrogens is 2. The van der Waals surface area contributed by atoms with Crippen molar-refractivity contribution in [2.75, 3.05) is 0 Å². The topological polar surface area (TPSA) is 25.8 Å². The molecule has 0 fully saturated rings. The van der Waals surface area contributed by atoms with E-state index < -0.39 is 12.6 Å². The van der Waals surface area contributed by atoms with Crippen LogP contribution in [0.15, 0.2) is 16.9 Å². The highest BCUT2D eigenvalue weighted by Crippen LogP contribution is 2.19. The molecule has 0 aliphatic heterocycles. The molecule has 2 nitrogen and oxygen atoms in total. The van der Waals surface area contributed by atoms with Gasteiger partial charge in [0.2, 0.25) is 0 Å². The Morgan fingerprint density at radius 1 is 1.42 bits per heavy atom. The third-order valence-electron chi connectivity index (χ3n) is 1.03. The minimum absolute atomic E-state index is 0.225. The van der Waals surface area contributed by atoms with Crippen LogP contribution >= 0.6 is 15.9 Å². The molecule has 12 heavy (non-hydrogen) atoms. The van der Waals surface area contributed by atoms with Crippen LogP contribution in [0.3, 0.4) is 0 Å². The number of halogens is 4. The fraction of sp³-hybridized carbons (Fsp3) is 0.333. The first-order valence-electron chi connectivity index (χ1n) is 3.01. The van der Waals surface area contributed by atoms with E-state index in [4.69, 9.17) is 0 Å². The van der Waals surface area contributed by atoms with E-state index in [1.807, 2.05) is 0 Å².